The van der Waals surface area contributed by atoms with Crippen LogP contribution in [-0.2, 0) is 9.47 Å². The Labute approximate surface area is 98.9 Å². The van der Waals surface area contributed by atoms with Crippen LogP contribution >= 0.6 is 0 Å². The maximum atomic E-state index is 7.17. The van der Waals surface area contributed by atoms with Gasteiger partial charge in [-0.15, -0.1) is 0 Å². The third-order valence-corrected chi connectivity index (χ3v) is 3.17. The summed E-state index contributed by atoms with van der Waals surface area (Å²) >= 11 is 0. The van der Waals surface area contributed by atoms with Crippen LogP contribution in [-0.4, -0.2) is 24.9 Å². The molecule has 0 aromatic carbocycles. The monoisotopic (exact) mass is 217 g/mol. The Hall–Kier alpha value is -0.340. The van der Waals surface area contributed by atoms with Crippen LogP contribution < -0.4 is 0 Å². The fraction of sp³-hybridized carbons (Fsp3) is 0.846. The Bertz CT molecular complexity index is 297. The van der Waals surface area contributed by atoms with E-state index in [4.69, 9.17) is 13.6 Å². The fourth-order valence-electron chi connectivity index (χ4n) is 1.33. The highest BCUT2D eigenvalue weighted by atomic mass is 16.5. The molecule has 2 nitrogen and oxygen atoms in total. The van der Waals surface area contributed by atoms with Crippen molar-refractivity contribution in [3.05, 3.63) is 11.1 Å². The van der Waals surface area contributed by atoms with Crippen LogP contribution in [0.1, 0.15) is 52.5 Å². The zero-order chi connectivity index (χ0) is 14.6. The van der Waals surface area contributed by atoms with Gasteiger partial charge in [0.15, 0.2) is 0 Å². The standard InChI is InChI=1S/C13H26O2/c1-9-15-13(6,7)11(3)10(2)12(4,5)14-8/h9H2,1-8H3/b11-10-/i1D2,8D. The molecule has 0 aromatic heterocycles. The molecule has 0 saturated heterocycles. The van der Waals surface area contributed by atoms with Crippen molar-refractivity contribution in [3.8, 4) is 0 Å². The van der Waals surface area contributed by atoms with Gasteiger partial charge in [0.2, 0.25) is 0 Å². The van der Waals surface area contributed by atoms with Crippen LogP contribution in [0.15, 0.2) is 11.1 Å². The zero-order valence-electron chi connectivity index (χ0n) is 13.8. The topological polar surface area (TPSA) is 18.5 Å². The second kappa shape index (κ2) is 5.13. The van der Waals surface area contributed by atoms with Gasteiger partial charge in [0.25, 0.3) is 0 Å². The van der Waals surface area contributed by atoms with Crippen LogP contribution in [0.5, 0.6) is 0 Å². The summed E-state index contributed by atoms with van der Waals surface area (Å²) in [5, 5.41) is 0. The van der Waals surface area contributed by atoms with Crippen molar-refractivity contribution in [1.82, 2.24) is 0 Å². The Balaban J connectivity index is 5.01. The van der Waals surface area contributed by atoms with Crippen molar-refractivity contribution < 1.29 is 13.6 Å². The fourth-order valence-corrected chi connectivity index (χ4v) is 1.33. The smallest absolute Gasteiger partial charge is 0.0836 e. The van der Waals surface area contributed by atoms with Gasteiger partial charge in [0, 0.05) is 16.4 Å². The van der Waals surface area contributed by atoms with Gasteiger partial charge in [0.1, 0.15) is 0 Å². The molecule has 0 spiro atoms. The van der Waals surface area contributed by atoms with Crippen LogP contribution in [0.2, 0.25) is 0 Å². The first-order valence-electron chi connectivity index (χ1n) is 7.01. The number of hydrogen-bond acceptors (Lipinski definition) is 2. The van der Waals surface area contributed by atoms with E-state index in [9.17, 15) is 0 Å². The predicted octanol–water partition coefficient (Wildman–Crippen LogP) is 3.56. The highest BCUT2D eigenvalue weighted by Gasteiger charge is 2.28. The van der Waals surface area contributed by atoms with E-state index in [1.54, 1.807) is 0 Å². The predicted molar refractivity (Wildman–Crippen MR) is 65.2 cm³/mol. The molecule has 0 aliphatic rings. The van der Waals surface area contributed by atoms with Gasteiger partial charge in [0.05, 0.1) is 12.6 Å². The van der Waals surface area contributed by atoms with Crippen molar-refractivity contribution in [3.63, 3.8) is 0 Å². The van der Waals surface area contributed by atoms with E-state index >= 15 is 0 Å². The van der Waals surface area contributed by atoms with E-state index in [1.165, 1.54) is 0 Å². The summed E-state index contributed by atoms with van der Waals surface area (Å²) in [4.78, 5) is 0. The molecule has 15 heavy (non-hydrogen) atoms. The minimum Gasteiger partial charge on any atom is -0.374 e. The average Bonchev–Trinajstić information content (AvgIpc) is 2.24. The molecule has 0 aromatic rings. The lowest BCUT2D eigenvalue weighted by molar-refractivity contribution is 0.0110. The summed E-state index contributed by atoms with van der Waals surface area (Å²) in [6.45, 7) is 10.7. The van der Waals surface area contributed by atoms with Crippen LogP contribution in [0.4, 0.5) is 0 Å². The third-order valence-electron chi connectivity index (χ3n) is 3.17. The van der Waals surface area contributed by atoms with E-state index in [2.05, 4.69) is 0 Å². The quantitative estimate of drug-likeness (QED) is 0.656. The van der Waals surface area contributed by atoms with Crippen molar-refractivity contribution in [1.29, 1.82) is 0 Å². The Kier molecular flexibility index (Phi) is 3.37. The van der Waals surface area contributed by atoms with Crippen LogP contribution in [0, 0.1) is 0 Å². The first-order valence-corrected chi connectivity index (χ1v) is 5.14. The number of ether oxygens (including phenoxy) is 2. The van der Waals surface area contributed by atoms with E-state index in [1.807, 2.05) is 41.5 Å². The Morgan fingerprint density at radius 3 is 2.07 bits per heavy atom. The van der Waals surface area contributed by atoms with Gasteiger partial charge in [-0.05, 0) is 59.6 Å². The molecule has 0 aliphatic heterocycles. The van der Waals surface area contributed by atoms with Gasteiger partial charge in [-0.3, -0.25) is 0 Å². The van der Waals surface area contributed by atoms with Crippen LogP contribution in [0.3, 0.4) is 0 Å². The van der Waals surface area contributed by atoms with Gasteiger partial charge < -0.3 is 9.47 Å². The molecule has 0 atom stereocenters. The summed E-state index contributed by atoms with van der Waals surface area (Å²) in [6.07, 6.45) is 0. The summed E-state index contributed by atoms with van der Waals surface area (Å²) in [6, 6.07) is 0. The minimum absolute atomic E-state index is 0.0807. The molecule has 90 valence electrons. The summed E-state index contributed by atoms with van der Waals surface area (Å²) in [5.41, 5.74) is 0.994. The van der Waals surface area contributed by atoms with E-state index in [0.29, 0.717) is 0 Å². The Morgan fingerprint density at radius 1 is 1.07 bits per heavy atom. The molecular weight excluding hydrogens is 188 g/mol. The molecular formula is C13H26O2. The van der Waals surface area contributed by atoms with Crippen molar-refractivity contribution >= 4 is 0 Å². The van der Waals surface area contributed by atoms with Crippen molar-refractivity contribution in [2.75, 3.05) is 13.7 Å². The van der Waals surface area contributed by atoms with Crippen LogP contribution in [0.25, 0.3) is 0 Å². The molecule has 0 aliphatic carbocycles. The first kappa shape index (κ1) is 9.86. The number of methoxy groups -OCH3 is 1. The first-order chi connectivity index (χ1) is 8.04. The average molecular weight is 217 g/mol. The van der Waals surface area contributed by atoms with E-state index in [0.717, 1.165) is 11.1 Å². The number of rotatable bonds is 5. The molecule has 0 rings (SSSR count). The SMILES string of the molecule is [2H]COC(C)(C)/C(C)=C(/C)C(C)(C)OCC([2H])[2H]. The molecule has 0 unspecified atom stereocenters. The maximum absolute atomic E-state index is 7.17. The molecule has 0 amide bonds. The lowest BCUT2D eigenvalue weighted by atomic mass is 9.87. The molecule has 0 N–H and O–H groups in total. The van der Waals surface area contributed by atoms with E-state index in [-0.39, 0.29) is 13.7 Å². The van der Waals surface area contributed by atoms with E-state index < -0.39 is 18.1 Å². The third kappa shape index (κ3) is 3.62. The molecule has 0 bridgehead atoms. The molecule has 0 heterocycles. The zero-order valence-corrected chi connectivity index (χ0v) is 10.8. The summed E-state index contributed by atoms with van der Waals surface area (Å²) in [5.74, 6) is 0. The highest BCUT2D eigenvalue weighted by molar-refractivity contribution is 5.25. The maximum Gasteiger partial charge on any atom is 0.0836 e. The number of hydrogen-bond donors (Lipinski definition) is 0. The molecule has 2 heteroatoms. The molecule has 0 radical (unpaired) electrons. The molecule has 0 fully saturated rings. The van der Waals surface area contributed by atoms with Gasteiger partial charge in [-0.1, -0.05) is 0 Å². The summed E-state index contributed by atoms with van der Waals surface area (Å²) < 4.78 is 32.5. The van der Waals surface area contributed by atoms with Crippen molar-refractivity contribution in [2.45, 2.75) is 59.6 Å². The van der Waals surface area contributed by atoms with Crippen molar-refractivity contribution in [2.24, 2.45) is 0 Å². The molecule has 0 saturated carbocycles. The normalized spacial score (nSPS) is 18.2. The largest absolute Gasteiger partial charge is 0.374 e. The highest BCUT2D eigenvalue weighted by Crippen LogP contribution is 2.30. The van der Waals surface area contributed by atoms with Gasteiger partial charge >= 0.3 is 0 Å². The Morgan fingerprint density at radius 2 is 1.60 bits per heavy atom. The summed E-state index contributed by atoms with van der Waals surface area (Å²) in [7, 11) is -0.0829. The lowest BCUT2D eigenvalue weighted by Crippen LogP contribution is -2.32. The minimum atomic E-state index is -0.977. The second-order valence-corrected chi connectivity index (χ2v) is 4.73. The second-order valence-electron chi connectivity index (χ2n) is 4.73. The lowest BCUT2D eigenvalue weighted by Gasteiger charge is -2.33. The van der Waals surface area contributed by atoms with Gasteiger partial charge in [-0.25, -0.2) is 0 Å². The van der Waals surface area contributed by atoms with Gasteiger partial charge in [-0.2, -0.15) is 0 Å².